The average Bonchev–Trinajstić information content (AvgIpc) is 3.06. The minimum atomic E-state index is 0.477. The second-order valence-corrected chi connectivity index (χ2v) is 5.51. The predicted octanol–water partition coefficient (Wildman–Crippen LogP) is 0.776. The Hall–Kier alpha value is -0.810. The highest BCUT2D eigenvalue weighted by Gasteiger charge is 2.17. The number of nitrogens with zero attached hydrogens (tertiary/aromatic N) is 3. The molecule has 1 aliphatic carbocycles. The van der Waals surface area contributed by atoms with Crippen LogP contribution in [0.15, 0.2) is 4.99 Å². The molecule has 2 aliphatic rings. The maximum Gasteiger partial charge on any atom is 0.208 e. The molecule has 0 radical (unpaired) electrons. The lowest BCUT2D eigenvalue weighted by molar-refractivity contribution is 0.304. The summed E-state index contributed by atoms with van der Waals surface area (Å²) in [6.45, 7) is 4.61. The number of hydrogen-bond donors (Lipinski definition) is 2. The third kappa shape index (κ3) is 3.85. The summed E-state index contributed by atoms with van der Waals surface area (Å²) in [5, 5.41) is 0. The molecule has 5 nitrogen and oxygen atoms in total. The number of guanidine groups is 1. The number of nitrogens with two attached hydrogens (primary N) is 1. The maximum atomic E-state index is 5.60. The van der Waals surface area contributed by atoms with E-state index in [0.717, 1.165) is 19.0 Å². The van der Waals surface area contributed by atoms with Gasteiger partial charge in [-0.2, -0.15) is 0 Å². The van der Waals surface area contributed by atoms with Gasteiger partial charge in [-0.05, 0) is 38.8 Å². The molecule has 1 heterocycles. The Kier molecular flexibility index (Phi) is 5.26. The summed E-state index contributed by atoms with van der Waals surface area (Å²) in [4.78, 5) is 9.39. The smallest absolute Gasteiger partial charge is 0.208 e. The van der Waals surface area contributed by atoms with Crippen LogP contribution in [0.3, 0.4) is 0 Å². The van der Waals surface area contributed by atoms with E-state index >= 15 is 0 Å². The highest BCUT2D eigenvalue weighted by atomic mass is 15.4. The Morgan fingerprint density at radius 2 is 1.94 bits per heavy atom. The zero-order chi connectivity index (χ0) is 12.8. The molecule has 0 aromatic carbocycles. The normalized spacial score (nSPS) is 22.7. The van der Waals surface area contributed by atoms with Crippen LogP contribution < -0.4 is 11.3 Å². The fourth-order valence-electron chi connectivity index (χ4n) is 2.86. The predicted molar refractivity (Wildman–Crippen MR) is 75.3 cm³/mol. The molecule has 0 amide bonds. The van der Waals surface area contributed by atoms with Crippen LogP contribution in [0.1, 0.15) is 38.5 Å². The molecule has 0 aromatic heterocycles. The van der Waals surface area contributed by atoms with Gasteiger partial charge >= 0.3 is 0 Å². The van der Waals surface area contributed by atoms with Gasteiger partial charge in [-0.25, -0.2) is 10.8 Å². The Labute approximate surface area is 110 Å². The van der Waals surface area contributed by atoms with Crippen molar-refractivity contribution in [1.29, 1.82) is 0 Å². The minimum Gasteiger partial charge on any atom is -0.344 e. The standard InChI is InChI=1S/C13H27N5/c1-17(10-11-18-8-4-5-9-18)13(16-14)15-12-6-2-3-7-12/h12H,2-11,14H2,1H3,(H,15,16). The third-order valence-corrected chi connectivity index (χ3v) is 4.07. The molecule has 0 spiro atoms. The minimum absolute atomic E-state index is 0.477. The van der Waals surface area contributed by atoms with Gasteiger partial charge in [-0.1, -0.05) is 12.8 Å². The maximum absolute atomic E-state index is 5.60. The summed E-state index contributed by atoms with van der Waals surface area (Å²) in [6.07, 6.45) is 7.74. The number of likely N-dealkylation sites (N-methyl/N-ethyl adjacent to an activating group) is 1. The number of rotatable bonds is 4. The van der Waals surface area contributed by atoms with Crippen molar-refractivity contribution in [2.45, 2.75) is 44.6 Å². The van der Waals surface area contributed by atoms with Gasteiger partial charge < -0.3 is 9.80 Å². The monoisotopic (exact) mass is 253 g/mol. The highest BCUT2D eigenvalue weighted by Crippen LogP contribution is 2.21. The van der Waals surface area contributed by atoms with E-state index in [4.69, 9.17) is 10.8 Å². The molecule has 3 N–H and O–H groups in total. The Balaban J connectivity index is 1.78. The van der Waals surface area contributed by atoms with E-state index in [-0.39, 0.29) is 0 Å². The second-order valence-electron chi connectivity index (χ2n) is 5.51. The average molecular weight is 253 g/mol. The first kappa shape index (κ1) is 13.6. The van der Waals surface area contributed by atoms with Crippen molar-refractivity contribution in [1.82, 2.24) is 15.2 Å². The summed E-state index contributed by atoms with van der Waals surface area (Å²) in [5.74, 6) is 6.45. The van der Waals surface area contributed by atoms with Crippen molar-refractivity contribution >= 4 is 5.96 Å². The Bertz CT molecular complexity index is 267. The summed E-state index contributed by atoms with van der Waals surface area (Å²) in [5.41, 5.74) is 2.76. The summed E-state index contributed by atoms with van der Waals surface area (Å²) >= 11 is 0. The Morgan fingerprint density at radius 1 is 1.28 bits per heavy atom. The number of aliphatic imine (C=N–C) groups is 1. The van der Waals surface area contributed by atoms with Crippen LogP contribution in [0.25, 0.3) is 0 Å². The molecule has 5 heteroatoms. The van der Waals surface area contributed by atoms with Crippen molar-refractivity contribution < 1.29 is 0 Å². The van der Waals surface area contributed by atoms with Gasteiger partial charge in [0.15, 0.2) is 0 Å². The van der Waals surface area contributed by atoms with Crippen LogP contribution in [0, 0.1) is 0 Å². The first-order valence-electron chi connectivity index (χ1n) is 7.27. The number of nitrogens with one attached hydrogen (secondary N) is 1. The van der Waals surface area contributed by atoms with Gasteiger partial charge in [0.25, 0.3) is 0 Å². The molecule has 1 saturated carbocycles. The highest BCUT2D eigenvalue weighted by molar-refractivity contribution is 5.79. The van der Waals surface area contributed by atoms with Gasteiger partial charge in [-0.3, -0.25) is 5.43 Å². The van der Waals surface area contributed by atoms with Crippen molar-refractivity contribution in [3.8, 4) is 0 Å². The molecule has 1 saturated heterocycles. The van der Waals surface area contributed by atoms with Crippen LogP contribution in [0.2, 0.25) is 0 Å². The topological polar surface area (TPSA) is 56.9 Å². The lowest BCUT2D eigenvalue weighted by Crippen LogP contribution is -2.46. The summed E-state index contributed by atoms with van der Waals surface area (Å²) in [6, 6.07) is 0.477. The molecule has 0 bridgehead atoms. The van der Waals surface area contributed by atoms with Crippen molar-refractivity contribution in [2.24, 2.45) is 10.8 Å². The molecular weight excluding hydrogens is 226 g/mol. The van der Waals surface area contributed by atoms with Crippen molar-refractivity contribution in [3.05, 3.63) is 0 Å². The van der Waals surface area contributed by atoms with Gasteiger partial charge in [0.1, 0.15) is 0 Å². The first-order valence-corrected chi connectivity index (χ1v) is 7.27. The van der Waals surface area contributed by atoms with Crippen molar-refractivity contribution in [3.63, 3.8) is 0 Å². The van der Waals surface area contributed by atoms with E-state index in [1.54, 1.807) is 0 Å². The summed E-state index contributed by atoms with van der Waals surface area (Å²) < 4.78 is 0. The van der Waals surface area contributed by atoms with E-state index in [9.17, 15) is 0 Å². The molecule has 0 unspecified atom stereocenters. The molecule has 0 atom stereocenters. The quantitative estimate of drug-likeness (QED) is 0.336. The van der Waals surface area contributed by atoms with Crippen LogP contribution >= 0.6 is 0 Å². The number of likely N-dealkylation sites (tertiary alicyclic amines) is 1. The molecule has 2 rings (SSSR count). The third-order valence-electron chi connectivity index (χ3n) is 4.07. The van der Waals surface area contributed by atoms with E-state index in [1.807, 2.05) is 0 Å². The van der Waals surface area contributed by atoms with Crippen LogP contribution in [0.5, 0.6) is 0 Å². The SMILES string of the molecule is CN(CCN1CCCC1)C(=NC1CCCC1)NN. The van der Waals surface area contributed by atoms with Crippen molar-refractivity contribution in [2.75, 3.05) is 33.2 Å². The van der Waals surface area contributed by atoms with Crippen LogP contribution in [-0.4, -0.2) is 55.0 Å². The summed E-state index contributed by atoms with van der Waals surface area (Å²) in [7, 11) is 2.07. The second kappa shape index (κ2) is 6.95. The Morgan fingerprint density at radius 3 is 2.56 bits per heavy atom. The lowest BCUT2D eigenvalue weighted by Gasteiger charge is -2.24. The molecule has 0 aromatic rings. The van der Waals surface area contributed by atoms with E-state index < -0.39 is 0 Å². The van der Waals surface area contributed by atoms with Crippen LogP contribution in [0.4, 0.5) is 0 Å². The van der Waals surface area contributed by atoms with Gasteiger partial charge in [0.2, 0.25) is 5.96 Å². The van der Waals surface area contributed by atoms with Crippen LogP contribution in [-0.2, 0) is 0 Å². The van der Waals surface area contributed by atoms with Gasteiger partial charge in [-0.15, -0.1) is 0 Å². The molecular formula is C13H27N5. The fourth-order valence-corrected chi connectivity index (χ4v) is 2.86. The number of hydrogen-bond acceptors (Lipinski definition) is 3. The first-order chi connectivity index (χ1) is 8.79. The zero-order valence-corrected chi connectivity index (χ0v) is 11.6. The number of hydrazine groups is 1. The van der Waals surface area contributed by atoms with E-state index in [0.29, 0.717) is 6.04 Å². The fraction of sp³-hybridized carbons (Fsp3) is 0.923. The zero-order valence-electron chi connectivity index (χ0n) is 11.6. The van der Waals surface area contributed by atoms with Gasteiger partial charge in [0.05, 0.1) is 6.04 Å². The largest absolute Gasteiger partial charge is 0.344 e. The van der Waals surface area contributed by atoms with Gasteiger partial charge in [0, 0.05) is 20.1 Å². The van der Waals surface area contributed by atoms with E-state index in [1.165, 1.54) is 51.6 Å². The molecule has 1 aliphatic heterocycles. The molecule has 18 heavy (non-hydrogen) atoms. The molecule has 104 valence electrons. The lowest BCUT2D eigenvalue weighted by atomic mass is 10.3. The molecule has 2 fully saturated rings. The van der Waals surface area contributed by atoms with E-state index in [2.05, 4.69) is 22.3 Å².